The van der Waals surface area contributed by atoms with Crippen molar-refractivity contribution >= 4 is 5.69 Å². The number of nitrogens with zero attached hydrogens (tertiary/aromatic N) is 2. The van der Waals surface area contributed by atoms with E-state index in [1.807, 2.05) is 6.07 Å². The molecule has 2 atom stereocenters. The molecule has 0 aromatic heterocycles. The third-order valence-corrected chi connectivity index (χ3v) is 4.55. The van der Waals surface area contributed by atoms with E-state index < -0.39 is 0 Å². The monoisotopic (exact) mass is 275 g/mol. The lowest BCUT2D eigenvalue weighted by Gasteiger charge is -2.32. The SMILES string of the molecule is O=[N+]([O-])c1cccc(CNC2CCN3CCCCC23)c1. The van der Waals surface area contributed by atoms with E-state index in [0.717, 1.165) is 12.1 Å². The van der Waals surface area contributed by atoms with Crippen LogP contribution < -0.4 is 5.32 Å². The van der Waals surface area contributed by atoms with Crippen LogP contribution in [0.3, 0.4) is 0 Å². The van der Waals surface area contributed by atoms with Gasteiger partial charge >= 0.3 is 0 Å². The van der Waals surface area contributed by atoms with Gasteiger partial charge in [0.1, 0.15) is 0 Å². The molecule has 2 saturated heterocycles. The summed E-state index contributed by atoms with van der Waals surface area (Å²) in [5, 5.41) is 14.4. The van der Waals surface area contributed by atoms with E-state index in [0.29, 0.717) is 12.1 Å². The fourth-order valence-electron chi connectivity index (χ4n) is 3.51. The summed E-state index contributed by atoms with van der Waals surface area (Å²) in [7, 11) is 0. The minimum absolute atomic E-state index is 0.176. The van der Waals surface area contributed by atoms with Crippen molar-refractivity contribution in [3.05, 3.63) is 39.9 Å². The van der Waals surface area contributed by atoms with Crippen LogP contribution in [0, 0.1) is 10.1 Å². The van der Waals surface area contributed by atoms with Gasteiger partial charge < -0.3 is 5.32 Å². The number of nitrogens with one attached hydrogen (secondary N) is 1. The maximum absolute atomic E-state index is 10.8. The fraction of sp³-hybridized carbons (Fsp3) is 0.600. The molecule has 0 spiro atoms. The standard InChI is InChI=1S/C15H21N3O2/c19-18(20)13-5-3-4-12(10-13)11-16-14-7-9-17-8-2-1-6-15(14)17/h3-5,10,14-16H,1-2,6-9,11H2. The van der Waals surface area contributed by atoms with Crippen LogP contribution in [-0.2, 0) is 6.54 Å². The van der Waals surface area contributed by atoms with Crippen LogP contribution in [-0.4, -0.2) is 35.0 Å². The molecular formula is C15H21N3O2. The van der Waals surface area contributed by atoms with Gasteiger partial charge in [-0.3, -0.25) is 15.0 Å². The maximum atomic E-state index is 10.8. The number of benzene rings is 1. The van der Waals surface area contributed by atoms with Gasteiger partial charge in [-0.15, -0.1) is 0 Å². The summed E-state index contributed by atoms with van der Waals surface area (Å²) in [4.78, 5) is 13.0. The Morgan fingerprint density at radius 3 is 3.05 bits per heavy atom. The van der Waals surface area contributed by atoms with Crippen LogP contribution in [0.15, 0.2) is 24.3 Å². The molecule has 108 valence electrons. The zero-order valence-electron chi connectivity index (χ0n) is 11.6. The number of nitro benzene ring substituents is 1. The Morgan fingerprint density at radius 1 is 1.30 bits per heavy atom. The molecule has 2 aliphatic rings. The van der Waals surface area contributed by atoms with Crippen molar-refractivity contribution < 1.29 is 4.92 Å². The summed E-state index contributed by atoms with van der Waals surface area (Å²) in [6, 6.07) is 8.13. The number of fused-ring (bicyclic) bond motifs is 1. The third-order valence-electron chi connectivity index (χ3n) is 4.55. The van der Waals surface area contributed by atoms with E-state index in [2.05, 4.69) is 10.2 Å². The topological polar surface area (TPSA) is 58.4 Å². The molecule has 5 nitrogen and oxygen atoms in total. The maximum Gasteiger partial charge on any atom is 0.269 e. The first-order valence-electron chi connectivity index (χ1n) is 7.45. The number of hydrogen-bond donors (Lipinski definition) is 1. The highest BCUT2D eigenvalue weighted by atomic mass is 16.6. The summed E-state index contributed by atoms with van der Waals surface area (Å²) >= 11 is 0. The Morgan fingerprint density at radius 2 is 2.20 bits per heavy atom. The molecule has 5 heteroatoms. The van der Waals surface area contributed by atoms with E-state index >= 15 is 0 Å². The molecule has 1 aromatic carbocycles. The molecule has 1 N–H and O–H groups in total. The predicted octanol–water partition coefficient (Wildman–Crippen LogP) is 2.31. The molecule has 20 heavy (non-hydrogen) atoms. The summed E-state index contributed by atoms with van der Waals surface area (Å²) < 4.78 is 0. The first-order chi connectivity index (χ1) is 9.74. The molecule has 0 amide bonds. The molecule has 0 saturated carbocycles. The van der Waals surface area contributed by atoms with Crippen molar-refractivity contribution in [1.29, 1.82) is 0 Å². The van der Waals surface area contributed by atoms with Crippen LogP contribution in [0.4, 0.5) is 5.69 Å². The van der Waals surface area contributed by atoms with Crippen LogP contribution in [0.1, 0.15) is 31.2 Å². The smallest absolute Gasteiger partial charge is 0.269 e. The van der Waals surface area contributed by atoms with Crippen molar-refractivity contribution in [1.82, 2.24) is 10.2 Å². The van der Waals surface area contributed by atoms with Gasteiger partial charge in [-0.05, 0) is 31.4 Å². The second-order valence-corrected chi connectivity index (χ2v) is 5.80. The highest BCUT2D eigenvalue weighted by Crippen LogP contribution is 2.27. The van der Waals surface area contributed by atoms with Crippen molar-refractivity contribution in [2.75, 3.05) is 13.1 Å². The second kappa shape index (κ2) is 5.89. The first kappa shape index (κ1) is 13.5. The minimum Gasteiger partial charge on any atom is -0.308 e. The van der Waals surface area contributed by atoms with Gasteiger partial charge in [-0.2, -0.15) is 0 Å². The minimum atomic E-state index is -0.331. The molecule has 3 rings (SSSR count). The van der Waals surface area contributed by atoms with E-state index in [1.54, 1.807) is 18.2 Å². The Labute approximate surface area is 119 Å². The van der Waals surface area contributed by atoms with Gasteiger partial charge in [0.25, 0.3) is 5.69 Å². The van der Waals surface area contributed by atoms with Gasteiger partial charge in [0.15, 0.2) is 0 Å². The normalized spacial score (nSPS) is 26.4. The molecule has 0 radical (unpaired) electrons. The zero-order valence-corrected chi connectivity index (χ0v) is 11.6. The predicted molar refractivity (Wildman–Crippen MR) is 77.6 cm³/mol. The Bertz CT molecular complexity index is 492. The van der Waals surface area contributed by atoms with Crippen molar-refractivity contribution in [3.63, 3.8) is 0 Å². The lowest BCUT2D eigenvalue weighted by molar-refractivity contribution is -0.384. The van der Waals surface area contributed by atoms with Crippen molar-refractivity contribution in [2.45, 2.75) is 44.3 Å². The van der Waals surface area contributed by atoms with Crippen molar-refractivity contribution in [3.8, 4) is 0 Å². The van der Waals surface area contributed by atoms with E-state index in [9.17, 15) is 10.1 Å². The Kier molecular flexibility index (Phi) is 3.98. The van der Waals surface area contributed by atoms with Crippen LogP contribution in [0.2, 0.25) is 0 Å². The number of hydrogen-bond acceptors (Lipinski definition) is 4. The molecule has 2 aliphatic heterocycles. The molecule has 2 heterocycles. The highest BCUT2D eigenvalue weighted by molar-refractivity contribution is 5.34. The molecule has 0 bridgehead atoms. The Hall–Kier alpha value is -1.46. The molecule has 2 fully saturated rings. The van der Waals surface area contributed by atoms with Crippen LogP contribution in [0.5, 0.6) is 0 Å². The van der Waals surface area contributed by atoms with E-state index in [1.165, 1.54) is 38.8 Å². The average Bonchev–Trinajstić information content (AvgIpc) is 2.89. The molecule has 0 aliphatic carbocycles. The largest absolute Gasteiger partial charge is 0.308 e. The van der Waals surface area contributed by atoms with Crippen molar-refractivity contribution in [2.24, 2.45) is 0 Å². The zero-order chi connectivity index (χ0) is 13.9. The van der Waals surface area contributed by atoms with E-state index in [-0.39, 0.29) is 10.6 Å². The molecule has 1 aromatic rings. The summed E-state index contributed by atoms with van der Waals surface area (Å²) in [6.45, 7) is 3.15. The quantitative estimate of drug-likeness (QED) is 0.676. The lowest BCUT2D eigenvalue weighted by Crippen LogP contribution is -2.44. The molecule has 2 unspecified atom stereocenters. The summed E-state index contributed by atoms with van der Waals surface area (Å²) in [6.07, 6.45) is 5.14. The Balaban J connectivity index is 1.59. The van der Waals surface area contributed by atoms with Gasteiger partial charge in [0.05, 0.1) is 4.92 Å². The van der Waals surface area contributed by atoms with Gasteiger partial charge in [0.2, 0.25) is 0 Å². The van der Waals surface area contributed by atoms with Crippen LogP contribution in [0.25, 0.3) is 0 Å². The van der Waals surface area contributed by atoms with Gasteiger partial charge in [-0.25, -0.2) is 0 Å². The number of piperidine rings is 1. The summed E-state index contributed by atoms with van der Waals surface area (Å²) in [5.41, 5.74) is 1.17. The molecular weight excluding hydrogens is 254 g/mol. The fourth-order valence-corrected chi connectivity index (χ4v) is 3.51. The van der Waals surface area contributed by atoms with Crippen LogP contribution >= 0.6 is 0 Å². The highest BCUT2D eigenvalue weighted by Gasteiger charge is 2.34. The number of non-ortho nitro benzene ring substituents is 1. The van der Waals surface area contributed by atoms with Gasteiger partial charge in [-0.1, -0.05) is 18.6 Å². The number of nitro groups is 1. The number of rotatable bonds is 4. The summed E-state index contributed by atoms with van der Waals surface area (Å²) in [5.74, 6) is 0. The lowest BCUT2D eigenvalue weighted by atomic mass is 9.99. The average molecular weight is 275 g/mol. The second-order valence-electron chi connectivity index (χ2n) is 5.80. The first-order valence-corrected chi connectivity index (χ1v) is 7.45. The van der Waals surface area contributed by atoms with E-state index in [4.69, 9.17) is 0 Å². The third kappa shape index (κ3) is 2.83. The van der Waals surface area contributed by atoms with Gasteiger partial charge in [0, 0.05) is 37.3 Å².